The van der Waals surface area contributed by atoms with Crippen LogP contribution in [-0.2, 0) is 14.3 Å². The first kappa shape index (κ1) is 14.8. The van der Waals surface area contributed by atoms with Crippen molar-refractivity contribution in [3.63, 3.8) is 0 Å². The maximum Gasteiger partial charge on any atom is 0.306 e. The lowest BCUT2D eigenvalue weighted by atomic mass is 9.87. The van der Waals surface area contributed by atoms with E-state index in [0.29, 0.717) is 19.4 Å². The average molecular weight is 278 g/mol. The second-order valence-electron chi connectivity index (χ2n) is 5.72. The van der Waals surface area contributed by atoms with Crippen LogP contribution in [0.2, 0.25) is 0 Å². The minimum Gasteiger partial charge on any atom is -0.461 e. The van der Waals surface area contributed by atoms with E-state index in [1.54, 1.807) is 0 Å². The number of amides is 1. The summed E-state index contributed by atoms with van der Waals surface area (Å²) in [6.07, 6.45) is 6.33. The van der Waals surface area contributed by atoms with Gasteiger partial charge in [0.05, 0.1) is 12.0 Å². The van der Waals surface area contributed by atoms with Gasteiger partial charge in [0.1, 0.15) is 6.10 Å². The molecule has 0 heterocycles. The third kappa shape index (κ3) is 4.52. The van der Waals surface area contributed by atoms with Crippen LogP contribution in [0.1, 0.15) is 51.4 Å². The fraction of sp³-hybridized carbons (Fsp3) is 0.800. The summed E-state index contributed by atoms with van der Waals surface area (Å²) in [7, 11) is 0. The first-order chi connectivity index (χ1) is 9.70. The number of ether oxygens (including phenoxy) is 1. The van der Waals surface area contributed by atoms with Crippen molar-refractivity contribution in [3.8, 4) is 6.07 Å². The predicted molar refractivity (Wildman–Crippen MR) is 72.4 cm³/mol. The Morgan fingerprint density at radius 2 is 1.95 bits per heavy atom. The molecule has 0 saturated heterocycles. The highest BCUT2D eigenvalue weighted by Crippen LogP contribution is 2.28. The summed E-state index contributed by atoms with van der Waals surface area (Å²) in [5.74, 6) is -0.0872. The molecule has 2 rings (SSSR count). The highest BCUT2D eigenvalue weighted by atomic mass is 16.5. The standard InChI is InChI=1S/C15H22N2O3/c16-10-12-4-1-2-5-13(12)20-14(18)6-3-9-17-15(19)11-7-8-11/h11-13H,1-9H2,(H,17,19)/t12-,13-/m0/s1. The Balaban J connectivity index is 1.59. The zero-order valence-corrected chi connectivity index (χ0v) is 11.8. The molecule has 0 unspecified atom stereocenters. The third-order valence-corrected chi connectivity index (χ3v) is 3.96. The number of esters is 1. The van der Waals surface area contributed by atoms with E-state index in [0.717, 1.165) is 38.5 Å². The van der Waals surface area contributed by atoms with Gasteiger partial charge >= 0.3 is 5.97 Å². The van der Waals surface area contributed by atoms with Gasteiger partial charge < -0.3 is 10.1 Å². The molecule has 1 amide bonds. The average Bonchev–Trinajstić information content (AvgIpc) is 3.28. The van der Waals surface area contributed by atoms with Crippen LogP contribution in [-0.4, -0.2) is 24.5 Å². The molecule has 0 aliphatic heterocycles. The molecule has 2 aliphatic rings. The SMILES string of the molecule is N#C[C@@H]1CCCC[C@@H]1OC(=O)CCCNC(=O)C1CC1. The molecule has 0 aromatic rings. The summed E-state index contributed by atoms with van der Waals surface area (Å²) in [6, 6.07) is 2.23. The first-order valence-corrected chi connectivity index (χ1v) is 7.57. The molecule has 0 aromatic heterocycles. The van der Waals surface area contributed by atoms with E-state index in [2.05, 4.69) is 11.4 Å². The highest BCUT2D eigenvalue weighted by Gasteiger charge is 2.29. The lowest BCUT2D eigenvalue weighted by molar-refractivity contribution is -0.152. The fourth-order valence-electron chi connectivity index (χ4n) is 2.55. The van der Waals surface area contributed by atoms with Gasteiger partial charge in [-0.15, -0.1) is 0 Å². The normalized spacial score (nSPS) is 25.6. The molecule has 2 fully saturated rings. The first-order valence-electron chi connectivity index (χ1n) is 7.57. The van der Waals surface area contributed by atoms with Crippen molar-refractivity contribution in [2.75, 3.05) is 6.54 Å². The molecule has 2 atom stereocenters. The highest BCUT2D eigenvalue weighted by molar-refractivity contribution is 5.80. The fourth-order valence-corrected chi connectivity index (χ4v) is 2.55. The Bertz CT molecular complexity index is 398. The van der Waals surface area contributed by atoms with Gasteiger partial charge in [-0.2, -0.15) is 5.26 Å². The van der Waals surface area contributed by atoms with Crippen LogP contribution in [0.15, 0.2) is 0 Å². The van der Waals surface area contributed by atoms with E-state index in [9.17, 15) is 9.59 Å². The number of rotatable bonds is 6. The quantitative estimate of drug-likeness (QED) is 0.594. The monoisotopic (exact) mass is 278 g/mol. The topological polar surface area (TPSA) is 79.2 Å². The Labute approximate surface area is 119 Å². The Kier molecular flexibility index (Phi) is 5.40. The van der Waals surface area contributed by atoms with Gasteiger partial charge in [0.2, 0.25) is 5.91 Å². The second kappa shape index (κ2) is 7.28. The minimum atomic E-state index is -0.252. The van der Waals surface area contributed by atoms with Crippen LogP contribution >= 0.6 is 0 Å². The second-order valence-corrected chi connectivity index (χ2v) is 5.72. The van der Waals surface area contributed by atoms with Gasteiger partial charge in [-0.05, 0) is 38.5 Å². The predicted octanol–water partition coefficient (Wildman–Crippen LogP) is 1.92. The Morgan fingerprint density at radius 3 is 2.65 bits per heavy atom. The number of hydrogen-bond acceptors (Lipinski definition) is 4. The van der Waals surface area contributed by atoms with Crippen molar-refractivity contribution in [2.24, 2.45) is 11.8 Å². The molecule has 0 aromatic carbocycles. The van der Waals surface area contributed by atoms with Crippen molar-refractivity contribution in [1.29, 1.82) is 5.26 Å². The summed E-state index contributed by atoms with van der Waals surface area (Å²) in [5, 5.41) is 11.8. The van der Waals surface area contributed by atoms with E-state index >= 15 is 0 Å². The van der Waals surface area contributed by atoms with Crippen molar-refractivity contribution < 1.29 is 14.3 Å². The van der Waals surface area contributed by atoms with Crippen LogP contribution < -0.4 is 5.32 Å². The number of nitrogens with zero attached hydrogens (tertiary/aromatic N) is 1. The van der Waals surface area contributed by atoms with Crippen molar-refractivity contribution >= 4 is 11.9 Å². The van der Waals surface area contributed by atoms with Gasteiger partial charge in [-0.25, -0.2) is 0 Å². The van der Waals surface area contributed by atoms with Gasteiger partial charge in [0.25, 0.3) is 0 Å². The number of carbonyl (C=O) groups excluding carboxylic acids is 2. The maximum atomic E-state index is 11.7. The lowest BCUT2D eigenvalue weighted by Gasteiger charge is -2.26. The number of carbonyl (C=O) groups is 2. The van der Waals surface area contributed by atoms with Gasteiger partial charge in [0, 0.05) is 18.9 Å². The van der Waals surface area contributed by atoms with E-state index in [1.807, 2.05) is 0 Å². The molecule has 0 bridgehead atoms. The molecule has 1 N–H and O–H groups in total. The maximum absolute atomic E-state index is 11.7. The van der Waals surface area contributed by atoms with E-state index < -0.39 is 0 Å². The van der Waals surface area contributed by atoms with Gasteiger partial charge in [-0.1, -0.05) is 6.42 Å². The summed E-state index contributed by atoms with van der Waals surface area (Å²) < 4.78 is 5.39. The Hall–Kier alpha value is -1.57. The van der Waals surface area contributed by atoms with Crippen LogP contribution in [0.4, 0.5) is 0 Å². The molecule has 110 valence electrons. The molecule has 5 nitrogen and oxygen atoms in total. The van der Waals surface area contributed by atoms with Gasteiger partial charge in [-0.3, -0.25) is 9.59 Å². The zero-order chi connectivity index (χ0) is 14.4. The molecule has 2 saturated carbocycles. The van der Waals surface area contributed by atoms with E-state index in [1.165, 1.54) is 0 Å². The summed E-state index contributed by atoms with van der Waals surface area (Å²) in [5.41, 5.74) is 0. The van der Waals surface area contributed by atoms with E-state index in [-0.39, 0.29) is 29.8 Å². The van der Waals surface area contributed by atoms with Crippen LogP contribution in [0.3, 0.4) is 0 Å². The number of hydrogen-bond donors (Lipinski definition) is 1. The van der Waals surface area contributed by atoms with Crippen LogP contribution in [0, 0.1) is 23.2 Å². The van der Waals surface area contributed by atoms with Gasteiger partial charge in [0.15, 0.2) is 0 Å². The third-order valence-electron chi connectivity index (χ3n) is 3.96. The summed E-state index contributed by atoms with van der Waals surface area (Å²) in [4.78, 5) is 23.1. The molecule has 5 heteroatoms. The number of nitriles is 1. The van der Waals surface area contributed by atoms with Crippen LogP contribution in [0.5, 0.6) is 0 Å². The van der Waals surface area contributed by atoms with Crippen molar-refractivity contribution in [2.45, 2.75) is 57.5 Å². The summed E-state index contributed by atoms with van der Waals surface area (Å²) in [6.45, 7) is 0.525. The van der Waals surface area contributed by atoms with E-state index in [4.69, 9.17) is 10.00 Å². The molecular weight excluding hydrogens is 256 g/mol. The molecular formula is C15H22N2O3. The smallest absolute Gasteiger partial charge is 0.306 e. The largest absolute Gasteiger partial charge is 0.461 e. The van der Waals surface area contributed by atoms with Crippen molar-refractivity contribution in [1.82, 2.24) is 5.32 Å². The number of nitrogens with one attached hydrogen (secondary N) is 1. The zero-order valence-electron chi connectivity index (χ0n) is 11.8. The Morgan fingerprint density at radius 1 is 1.20 bits per heavy atom. The lowest BCUT2D eigenvalue weighted by Crippen LogP contribution is -2.30. The molecule has 2 aliphatic carbocycles. The van der Waals surface area contributed by atoms with Crippen LogP contribution in [0.25, 0.3) is 0 Å². The van der Waals surface area contributed by atoms with Crippen molar-refractivity contribution in [3.05, 3.63) is 0 Å². The summed E-state index contributed by atoms with van der Waals surface area (Å²) >= 11 is 0. The molecule has 20 heavy (non-hydrogen) atoms. The minimum absolute atomic E-state index is 0.107. The molecule has 0 radical (unpaired) electrons. The molecule has 0 spiro atoms.